The fraction of sp³-hybridized carbons (Fsp3) is 0.701. The van der Waals surface area contributed by atoms with E-state index in [1.54, 1.807) is 6.08 Å². The summed E-state index contributed by atoms with van der Waals surface area (Å²) in [4.78, 5) is 13.1. The molecule has 1 fully saturated rings. The van der Waals surface area contributed by atoms with E-state index in [2.05, 4.69) is 141 Å². The smallest absolute Gasteiger partial charge is 0.220 e. The van der Waals surface area contributed by atoms with E-state index in [1.165, 1.54) is 173 Å². The molecule has 492 valence electrons. The molecule has 86 heavy (non-hydrogen) atoms. The zero-order chi connectivity index (χ0) is 62.1. The highest BCUT2D eigenvalue weighted by Gasteiger charge is 2.44. The first kappa shape index (κ1) is 80.3. The lowest BCUT2D eigenvalue weighted by atomic mass is 9.99. The SMILES string of the molecule is CC/C=C\C/C=C\C/C=C\C/C=C\C/C=C\C/C=C\C/C=C\C/C=C\CCCCCCCCCCCCCCCCCCC(=O)NC(COC1OC(CO)C(O)C(O)C1O)C(O)/C=C/CC/C=C/CC/C=C/CCCCCCCCCCCCCC. The molecule has 9 nitrogen and oxygen atoms in total. The van der Waals surface area contributed by atoms with Crippen molar-refractivity contribution in [2.75, 3.05) is 13.2 Å². The Morgan fingerprint density at radius 3 is 1.12 bits per heavy atom. The molecule has 1 amide bonds. The minimum atomic E-state index is -1.58. The number of nitrogens with one attached hydrogen (secondary N) is 1. The van der Waals surface area contributed by atoms with E-state index in [0.717, 1.165) is 96.3 Å². The summed E-state index contributed by atoms with van der Waals surface area (Å²) in [5.74, 6) is -0.192. The number of amides is 1. The molecule has 7 unspecified atom stereocenters. The van der Waals surface area contributed by atoms with Gasteiger partial charge in [-0.15, -0.1) is 0 Å². The average molecular weight is 1200 g/mol. The summed E-state index contributed by atoms with van der Waals surface area (Å²) in [6, 6.07) is -0.836. The molecule has 1 saturated heterocycles. The van der Waals surface area contributed by atoms with Crippen molar-refractivity contribution in [3.63, 3.8) is 0 Å². The number of rotatable bonds is 60. The van der Waals surface area contributed by atoms with Gasteiger partial charge in [-0.25, -0.2) is 0 Å². The highest BCUT2D eigenvalue weighted by molar-refractivity contribution is 5.76. The van der Waals surface area contributed by atoms with Crippen LogP contribution >= 0.6 is 0 Å². The fourth-order valence-electron chi connectivity index (χ4n) is 10.4. The molecule has 0 radical (unpaired) electrons. The van der Waals surface area contributed by atoms with Gasteiger partial charge >= 0.3 is 0 Å². The number of carbonyl (C=O) groups is 1. The summed E-state index contributed by atoms with van der Waals surface area (Å²) >= 11 is 0. The topological polar surface area (TPSA) is 149 Å². The van der Waals surface area contributed by atoms with Crippen molar-refractivity contribution < 1.29 is 39.8 Å². The Kier molecular flexibility index (Phi) is 60.1. The third-order valence-corrected chi connectivity index (χ3v) is 15.9. The Bertz CT molecular complexity index is 1820. The van der Waals surface area contributed by atoms with Crippen molar-refractivity contribution in [1.29, 1.82) is 0 Å². The van der Waals surface area contributed by atoms with Gasteiger partial charge in [0.15, 0.2) is 6.29 Å². The Labute approximate surface area is 528 Å². The molecule has 1 heterocycles. The van der Waals surface area contributed by atoms with Crippen molar-refractivity contribution in [3.05, 3.63) is 134 Å². The van der Waals surface area contributed by atoms with E-state index >= 15 is 0 Å². The molecule has 0 aromatic heterocycles. The van der Waals surface area contributed by atoms with Crippen LogP contribution in [-0.2, 0) is 14.3 Å². The van der Waals surface area contributed by atoms with Gasteiger partial charge in [-0.05, 0) is 109 Å². The van der Waals surface area contributed by atoms with Gasteiger partial charge < -0.3 is 40.3 Å². The minimum absolute atomic E-state index is 0.192. The zero-order valence-corrected chi connectivity index (χ0v) is 55.0. The highest BCUT2D eigenvalue weighted by atomic mass is 16.7. The quantitative estimate of drug-likeness (QED) is 0.0261. The van der Waals surface area contributed by atoms with Crippen LogP contribution in [0.4, 0.5) is 0 Å². The molecule has 0 spiro atoms. The Balaban J connectivity index is 2.13. The van der Waals surface area contributed by atoms with E-state index in [1.807, 2.05) is 6.08 Å². The van der Waals surface area contributed by atoms with Gasteiger partial charge in [0, 0.05) is 6.42 Å². The molecule has 1 aliphatic heterocycles. The van der Waals surface area contributed by atoms with E-state index in [0.29, 0.717) is 6.42 Å². The van der Waals surface area contributed by atoms with Crippen LogP contribution in [-0.4, -0.2) is 87.5 Å². The maximum absolute atomic E-state index is 13.1. The third kappa shape index (κ3) is 52.3. The molecule has 0 aromatic carbocycles. The van der Waals surface area contributed by atoms with Gasteiger partial charge in [0.05, 0.1) is 25.4 Å². The van der Waals surface area contributed by atoms with E-state index in [9.17, 15) is 30.3 Å². The van der Waals surface area contributed by atoms with Gasteiger partial charge in [-0.1, -0.05) is 308 Å². The number of allylic oxidation sites excluding steroid dienone is 21. The Hall–Kier alpha value is -3.67. The number of aliphatic hydroxyl groups is 5. The molecule has 1 aliphatic rings. The molecular formula is C77H131NO8. The fourth-order valence-corrected chi connectivity index (χ4v) is 10.4. The number of ether oxygens (including phenoxy) is 2. The van der Waals surface area contributed by atoms with Crippen LogP contribution in [0, 0.1) is 0 Å². The molecule has 7 atom stereocenters. The summed E-state index contributed by atoms with van der Waals surface area (Å²) in [5.41, 5.74) is 0. The average Bonchev–Trinajstić information content (AvgIpc) is 2.36. The van der Waals surface area contributed by atoms with E-state index < -0.39 is 49.5 Å². The molecule has 0 aromatic rings. The lowest BCUT2D eigenvalue weighted by molar-refractivity contribution is -0.302. The summed E-state index contributed by atoms with van der Waals surface area (Å²) in [7, 11) is 0. The van der Waals surface area contributed by atoms with Gasteiger partial charge in [0.25, 0.3) is 0 Å². The van der Waals surface area contributed by atoms with Crippen molar-refractivity contribution in [2.24, 2.45) is 0 Å². The van der Waals surface area contributed by atoms with Crippen LogP contribution in [0.2, 0.25) is 0 Å². The predicted octanol–water partition coefficient (Wildman–Crippen LogP) is 19.6. The minimum Gasteiger partial charge on any atom is -0.394 e. The van der Waals surface area contributed by atoms with Crippen molar-refractivity contribution in [1.82, 2.24) is 5.32 Å². The van der Waals surface area contributed by atoms with Crippen LogP contribution in [0.5, 0.6) is 0 Å². The number of hydrogen-bond acceptors (Lipinski definition) is 8. The van der Waals surface area contributed by atoms with Crippen LogP contribution < -0.4 is 5.32 Å². The maximum atomic E-state index is 13.1. The van der Waals surface area contributed by atoms with Crippen LogP contribution in [0.25, 0.3) is 0 Å². The van der Waals surface area contributed by atoms with Gasteiger partial charge in [0.1, 0.15) is 24.4 Å². The second kappa shape index (κ2) is 64.3. The number of aliphatic hydroxyl groups excluding tert-OH is 5. The van der Waals surface area contributed by atoms with Crippen LogP contribution in [0.3, 0.4) is 0 Å². The zero-order valence-electron chi connectivity index (χ0n) is 55.0. The first-order valence-electron chi connectivity index (χ1n) is 35.4. The van der Waals surface area contributed by atoms with E-state index in [4.69, 9.17) is 9.47 Å². The number of hydrogen-bond donors (Lipinski definition) is 6. The molecular weight excluding hydrogens is 1070 g/mol. The maximum Gasteiger partial charge on any atom is 0.220 e. The molecule has 0 saturated carbocycles. The van der Waals surface area contributed by atoms with Gasteiger partial charge in [0.2, 0.25) is 5.91 Å². The van der Waals surface area contributed by atoms with Gasteiger partial charge in [-0.2, -0.15) is 0 Å². The number of unbranched alkanes of at least 4 members (excludes halogenated alkanes) is 30. The predicted molar refractivity (Wildman–Crippen MR) is 368 cm³/mol. The summed E-state index contributed by atoms with van der Waals surface area (Å²) in [6.45, 7) is 3.66. The number of carbonyl (C=O) groups excluding carboxylic acids is 1. The Morgan fingerprint density at radius 1 is 0.407 bits per heavy atom. The van der Waals surface area contributed by atoms with Crippen molar-refractivity contribution >= 4 is 5.91 Å². The van der Waals surface area contributed by atoms with E-state index in [-0.39, 0.29) is 12.5 Å². The lowest BCUT2D eigenvalue weighted by Gasteiger charge is -2.40. The standard InChI is InChI=1S/C77H131NO8/c1-3-5-7-9-11-13-15-17-19-21-23-25-27-28-29-30-31-32-33-34-35-36-37-38-39-40-41-42-43-44-45-47-49-51-53-55-57-59-61-63-65-67-73(81)78-70(69-85-77-76(84)75(83)74(82)72(68-79)86-77)71(80)66-64-62-60-58-56-54-52-50-48-46-26-24-22-20-18-16-14-12-10-8-6-4-2/h5,7,11,13,17,19,23,25,28-29,31-32,34-35,37-38,48,50,56,58,64,66,70-72,74-77,79-80,82-84H,3-4,6,8-10,12,14-16,18,20-22,24,26-27,30,33,36,39-47,49,51-55,57,59-63,65,67-69H2,1-2H3,(H,78,81)/b7-5-,13-11-,19-17-,25-23-,29-28-,32-31-,35-34-,38-37-,50-48+,58-56+,66-64+. The normalized spacial score (nSPS) is 18.9. The molecule has 1 rings (SSSR count). The summed E-state index contributed by atoms with van der Waals surface area (Å²) in [6.07, 6.45) is 91.3. The second-order valence-electron chi connectivity index (χ2n) is 23.9. The first-order chi connectivity index (χ1) is 42.3. The second-order valence-corrected chi connectivity index (χ2v) is 23.9. The van der Waals surface area contributed by atoms with Crippen LogP contribution in [0.1, 0.15) is 290 Å². The summed E-state index contributed by atoms with van der Waals surface area (Å²) in [5, 5.41) is 54.7. The van der Waals surface area contributed by atoms with Crippen LogP contribution in [0.15, 0.2) is 134 Å². The lowest BCUT2D eigenvalue weighted by Crippen LogP contribution is -2.60. The highest BCUT2D eigenvalue weighted by Crippen LogP contribution is 2.23. The molecule has 6 N–H and O–H groups in total. The first-order valence-corrected chi connectivity index (χ1v) is 35.4. The third-order valence-electron chi connectivity index (χ3n) is 15.9. The van der Waals surface area contributed by atoms with Gasteiger partial charge in [-0.3, -0.25) is 4.79 Å². The largest absolute Gasteiger partial charge is 0.394 e. The Morgan fingerprint density at radius 2 is 0.733 bits per heavy atom. The van der Waals surface area contributed by atoms with Crippen molar-refractivity contribution in [2.45, 2.75) is 333 Å². The molecule has 9 heteroatoms. The van der Waals surface area contributed by atoms with Crippen molar-refractivity contribution in [3.8, 4) is 0 Å². The molecule has 0 bridgehead atoms. The summed E-state index contributed by atoms with van der Waals surface area (Å²) < 4.78 is 11.3. The molecule has 0 aliphatic carbocycles. The monoisotopic (exact) mass is 1200 g/mol.